The van der Waals surface area contributed by atoms with E-state index in [1.54, 1.807) is 35.6 Å². The Labute approximate surface area is 132 Å². The molecule has 0 bridgehead atoms. The zero-order valence-electron chi connectivity index (χ0n) is 11.4. The number of nitrogens with zero attached hydrogens (tertiary/aromatic N) is 1. The molecule has 1 heterocycles. The van der Waals surface area contributed by atoms with E-state index in [2.05, 4.69) is 10.3 Å². The van der Waals surface area contributed by atoms with Gasteiger partial charge in [-0.1, -0.05) is 23.7 Å². The van der Waals surface area contributed by atoms with Crippen LogP contribution in [0, 0.1) is 6.92 Å². The first-order chi connectivity index (χ1) is 9.86. The Bertz CT molecular complexity index is 658. The van der Waals surface area contributed by atoms with Crippen molar-refractivity contribution in [2.24, 2.45) is 0 Å². The molecule has 1 aromatic carbocycles. The van der Waals surface area contributed by atoms with E-state index >= 15 is 0 Å². The van der Waals surface area contributed by atoms with Crippen molar-refractivity contribution >= 4 is 30.5 Å². The lowest BCUT2D eigenvalue weighted by molar-refractivity contribution is 0.348. The zero-order valence-corrected chi connectivity index (χ0v) is 13.8. The molecule has 5 nitrogen and oxygen atoms in total. The fourth-order valence-corrected chi connectivity index (χ4v) is 3.83. The first-order valence-corrected chi connectivity index (χ1v) is 9.25. The number of thiazole rings is 1. The van der Waals surface area contributed by atoms with Gasteiger partial charge in [0.1, 0.15) is 5.78 Å². The smallest absolute Gasteiger partial charge is 0.323 e. The van der Waals surface area contributed by atoms with Crippen LogP contribution in [0.2, 0.25) is 5.02 Å². The summed E-state index contributed by atoms with van der Waals surface area (Å²) in [4.78, 5) is 23.4. The molecule has 0 radical (unpaired) electrons. The molecule has 0 aliphatic carbocycles. The number of nitrogens with one attached hydrogen (secondary N) is 1. The van der Waals surface area contributed by atoms with Gasteiger partial charge in [-0.25, -0.2) is 4.98 Å². The van der Waals surface area contributed by atoms with E-state index in [9.17, 15) is 14.4 Å². The average molecular weight is 347 g/mol. The highest BCUT2D eigenvalue weighted by atomic mass is 35.5. The highest BCUT2D eigenvalue weighted by Crippen LogP contribution is 2.50. The average Bonchev–Trinajstić information content (AvgIpc) is 2.79. The van der Waals surface area contributed by atoms with E-state index in [4.69, 9.17) is 11.6 Å². The number of aromatic nitrogens is 1. The van der Waals surface area contributed by atoms with Crippen molar-refractivity contribution in [3.8, 4) is 0 Å². The number of aryl methyl sites for hydroxylation is 1. The van der Waals surface area contributed by atoms with E-state index in [-0.39, 0.29) is 0 Å². The molecule has 114 valence electrons. The normalized spacial score (nSPS) is 13.3. The van der Waals surface area contributed by atoms with Crippen LogP contribution in [0.5, 0.6) is 0 Å². The van der Waals surface area contributed by atoms with Gasteiger partial charge in [0, 0.05) is 29.1 Å². The third-order valence-electron chi connectivity index (χ3n) is 2.84. The standard InChI is InChI=1S/C13H16ClN2O3PS/c1-9-8-21-12(16-9)5-6-15-13(20(17,18)19)10-3-2-4-11(14)7-10/h2-4,7-8,13,15H,5-6H2,1H3,(H2,17,18,19). The van der Waals surface area contributed by atoms with Crippen LogP contribution in [0.3, 0.4) is 0 Å². The van der Waals surface area contributed by atoms with Gasteiger partial charge in [0.2, 0.25) is 0 Å². The predicted octanol–water partition coefficient (Wildman–Crippen LogP) is 3.11. The molecule has 0 aliphatic heterocycles. The molecule has 1 aromatic heterocycles. The maximum atomic E-state index is 11.7. The quantitative estimate of drug-likeness (QED) is 0.700. The molecule has 0 amide bonds. The Morgan fingerprint density at radius 2 is 2.24 bits per heavy atom. The SMILES string of the molecule is Cc1csc(CCNC(c2cccc(Cl)c2)P(=O)(O)O)n1. The summed E-state index contributed by atoms with van der Waals surface area (Å²) in [6.45, 7) is 2.34. The molecule has 0 saturated heterocycles. The lowest BCUT2D eigenvalue weighted by Crippen LogP contribution is -2.24. The van der Waals surface area contributed by atoms with E-state index < -0.39 is 13.4 Å². The molecule has 0 aliphatic rings. The first kappa shape index (κ1) is 16.6. The van der Waals surface area contributed by atoms with Crippen molar-refractivity contribution in [3.63, 3.8) is 0 Å². The van der Waals surface area contributed by atoms with Crippen molar-refractivity contribution in [3.05, 3.63) is 50.9 Å². The number of halogens is 1. The third kappa shape index (κ3) is 4.88. The monoisotopic (exact) mass is 346 g/mol. The molecule has 1 unspecified atom stereocenters. The minimum absolute atomic E-state index is 0.426. The zero-order chi connectivity index (χ0) is 15.5. The van der Waals surface area contributed by atoms with Crippen LogP contribution in [-0.4, -0.2) is 21.3 Å². The minimum atomic E-state index is -4.32. The Kier molecular flexibility index (Phi) is 5.54. The predicted molar refractivity (Wildman–Crippen MR) is 84.8 cm³/mol. The number of hydrogen-bond acceptors (Lipinski definition) is 4. The van der Waals surface area contributed by atoms with Crippen LogP contribution < -0.4 is 5.32 Å². The summed E-state index contributed by atoms with van der Waals surface area (Å²) in [7, 11) is -4.32. The number of hydrogen-bond donors (Lipinski definition) is 3. The molecular formula is C13H16ClN2O3PS. The van der Waals surface area contributed by atoms with Crippen LogP contribution in [0.1, 0.15) is 22.0 Å². The molecule has 3 N–H and O–H groups in total. The molecule has 0 spiro atoms. The van der Waals surface area contributed by atoms with Gasteiger partial charge >= 0.3 is 7.60 Å². The van der Waals surface area contributed by atoms with Crippen molar-refractivity contribution in [1.29, 1.82) is 0 Å². The van der Waals surface area contributed by atoms with Gasteiger partial charge in [-0.15, -0.1) is 11.3 Å². The highest BCUT2D eigenvalue weighted by molar-refractivity contribution is 7.52. The van der Waals surface area contributed by atoms with E-state index in [1.165, 1.54) is 0 Å². The Morgan fingerprint density at radius 3 is 2.81 bits per heavy atom. The van der Waals surface area contributed by atoms with Gasteiger partial charge in [0.25, 0.3) is 0 Å². The Morgan fingerprint density at radius 1 is 1.48 bits per heavy atom. The van der Waals surface area contributed by atoms with Crippen molar-refractivity contribution < 1.29 is 14.4 Å². The summed E-state index contributed by atoms with van der Waals surface area (Å²) in [6, 6.07) is 6.55. The summed E-state index contributed by atoms with van der Waals surface area (Å²) in [5, 5.41) is 6.24. The molecule has 8 heteroatoms. The number of rotatable bonds is 6. The summed E-state index contributed by atoms with van der Waals surface area (Å²) in [6.07, 6.45) is 0.621. The minimum Gasteiger partial charge on any atom is -0.323 e. The Hall–Kier alpha value is -0.750. The van der Waals surface area contributed by atoms with Gasteiger partial charge in [-0.05, 0) is 24.6 Å². The van der Waals surface area contributed by atoms with E-state index in [0.29, 0.717) is 23.6 Å². The van der Waals surface area contributed by atoms with E-state index in [0.717, 1.165) is 10.7 Å². The summed E-state index contributed by atoms with van der Waals surface area (Å²) >= 11 is 7.42. The fraction of sp³-hybridized carbons (Fsp3) is 0.308. The van der Waals surface area contributed by atoms with Crippen molar-refractivity contribution in [2.45, 2.75) is 19.1 Å². The molecule has 1 atom stereocenters. The van der Waals surface area contributed by atoms with Crippen LogP contribution in [-0.2, 0) is 11.0 Å². The molecule has 0 saturated carbocycles. The van der Waals surface area contributed by atoms with Gasteiger partial charge in [0.15, 0.2) is 0 Å². The second kappa shape index (κ2) is 7.01. The van der Waals surface area contributed by atoms with Crippen molar-refractivity contribution in [2.75, 3.05) is 6.54 Å². The summed E-state index contributed by atoms with van der Waals surface area (Å²) in [5.74, 6) is -1.06. The van der Waals surface area contributed by atoms with E-state index in [1.807, 2.05) is 12.3 Å². The highest BCUT2D eigenvalue weighted by Gasteiger charge is 2.29. The van der Waals surface area contributed by atoms with Crippen LogP contribution in [0.4, 0.5) is 0 Å². The second-order valence-electron chi connectivity index (χ2n) is 4.63. The molecular weight excluding hydrogens is 331 g/mol. The number of benzene rings is 1. The van der Waals surface area contributed by atoms with Crippen LogP contribution in [0.25, 0.3) is 0 Å². The largest absolute Gasteiger partial charge is 0.346 e. The summed E-state index contributed by atoms with van der Waals surface area (Å²) < 4.78 is 11.7. The second-order valence-corrected chi connectivity index (χ2v) is 7.71. The van der Waals surface area contributed by atoms with Gasteiger partial charge in [-0.2, -0.15) is 0 Å². The first-order valence-electron chi connectivity index (χ1n) is 6.31. The molecule has 0 fully saturated rings. The van der Waals surface area contributed by atoms with Crippen LogP contribution >= 0.6 is 30.5 Å². The Balaban J connectivity index is 2.06. The van der Waals surface area contributed by atoms with Gasteiger partial charge < -0.3 is 9.79 Å². The van der Waals surface area contributed by atoms with Gasteiger partial charge in [-0.3, -0.25) is 9.88 Å². The van der Waals surface area contributed by atoms with Crippen molar-refractivity contribution in [1.82, 2.24) is 10.3 Å². The van der Waals surface area contributed by atoms with Crippen LogP contribution in [0.15, 0.2) is 29.6 Å². The third-order valence-corrected chi connectivity index (χ3v) is 5.26. The molecule has 2 aromatic rings. The lowest BCUT2D eigenvalue weighted by Gasteiger charge is -2.20. The fourth-order valence-electron chi connectivity index (χ4n) is 1.94. The summed E-state index contributed by atoms with van der Waals surface area (Å²) in [5.41, 5.74) is 1.43. The van der Waals surface area contributed by atoms with Gasteiger partial charge in [0.05, 0.1) is 5.01 Å². The maximum absolute atomic E-state index is 11.7. The topological polar surface area (TPSA) is 82.5 Å². The lowest BCUT2D eigenvalue weighted by atomic mass is 10.2. The molecule has 21 heavy (non-hydrogen) atoms. The molecule has 2 rings (SSSR count). The maximum Gasteiger partial charge on any atom is 0.346 e.